The van der Waals surface area contributed by atoms with E-state index in [4.69, 9.17) is 4.74 Å². The lowest BCUT2D eigenvalue weighted by molar-refractivity contribution is -0.186. The van der Waals surface area contributed by atoms with Crippen molar-refractivity contribution in [2.75, 3.05) is 26.7 Å². The first-order valence-electron chi connectivity index (χ1n) is 12.1. The molecule has 11 heteroatoms. The van der Waals surface area contributed by atoms with Gasteiger partial charge in [-0.05, 0) is 49.7 Å². The highest BCUT2D eigenvalue weighted by Gasteiger charge is 2.46. The van der Waals surface area contributed by atoms with Crippen LogP contribution < -0.4 is 5.32 Å². The number of rotatable bonds is 4. The topological polar surface area (TPSA) is 103 Å². The second-order valence-corrected chi connectivity index (χ2v) is 9.74. The first-order valence-corrected chi connectivity index (χ1v) is 12.1. The van der Waals surface area contributed by atoms with Crippen LogP contribution in [0.5, 0.6) is 0 Å². The summed E-state index contributed by atoms with van der Waals surface area (Å²) in [4.78, 5) is 38.7. The predicted octanol–water partition coefficient (Wildman–Crippen LogP) is 3.43. The Morgan fingerprint density at radius 2 is 1.72 bits per heavy atom. The van der Waals surface area contributed by atoms with Crippen molar-refractivity contribution in [3.63, 3.8) is 0 Å². The number of alkyl halides is 3. The number of likely N-dealkylation sites (tertiary alicyclic amines) is 1. The highest BCUT2D eigenvalue weighted by molar-refractivity contribution is 5.82. The molecular weight excluding hydrogens is 477 g/mol. The zero-order valence-corrected chi connectivity index (χ0v) is 20.0. The van der Waals surface area contributed by atoms with Gasteiger partial charge < -0.3 is 19.9 Å². The van der Waals surface area contributed by atoms with Crippen LogP contribution >= 0.6 is 0 Å². The van der Waals surface area contributed by atoms with Crippen LogP contribution in [0.15, 0.2) is 24.3 Å². The number of hydrogen-bond acceptors (Lipinski definition) is 5. The molecule has 0 spiro atoms. The molecule has 8 nitrogen and oxygen atoms in total. The van der Waals surface area contributed by atoms with Crippen molar-refractivity contribution in [3.05, 3.63) is 35.4 Å². The van der Waals surface area contributed by atoms with Gasteiger partial charge in [-0.15, -0.1) is 0 Å². The second-order valence-electron chi connectivity index (χ2n) is 9.74. The molecule has 1 saturated carbocycles. The first-order chi connectivity index (χ1) is 17.1. The summed E-state index contributed by atoms with van der Waals surface area (Å²) in [5.74, 6) is -2.23. The number of nitriles is 1. The first kappa shape index (κ1) is 25.8. The molecule has 1 aromatic rings. The lowest BCUT2D eigenvalue weighted by Gasteiger charge is -2.38. The number of nitrogens with zero attached hydrogens (tertiary/aromatic N) is 3. The molecule has 3 fully saturated rings. The number of urea groups is 1. The van der Waals surface area contributed by atoms with E-state index in [9.17, 15) is 32.8 Å². The van der Waals surface area contributed by atoms with Gasteiger partial charge >= 0.3 is 24.1 Å². The van der Waals surface area contributed by atoms with Gasteiger partial charge in [-0.25, -0.2) is 4.79 Å². The monoisotopic (exact) mass is 506 g/mol. The summed E-state index contributed by atoms with van der Waals surface area (Å²) in [7, 11) is 1.38. The Kier molecular flexibility index (Phi) is 7.16. The third kappa shape index (κ3) is 4.86. The van der Waals surface area contributed by atoms with Crippen LogP contribution in [0.25, 0.3) is 0 Å². The van der Waals surface area contributed by atoms with Crippen LogP contribution in [0.4, 0.5) is 18.0 Å². The SMILES string of the molecule is COC(=O)C1CCC(N2C(=O)NCC2c2ccc(C3(C#N)CCN(C(=O)C(F)(F)F)CC3)cc2)CC1. The molecule has 1 unspecified atom stereocenters. The van der Waals surface area contributed by atoms with Crippen LogP contribution in [0.2, 0.25) is 0 Å². The van der Waals surface area contributed by atoms with Crippen molar-refractivity contribution in [1.82, 2.24) is 15.1 Å². The van der Waals surface area contributed by atoms with Crippen molar-refractivity contribution in [1.29, 1.82) is 5.26 Å². The number of piperidine rings is 1. The van der Waals surface area contributed by atoms with E-state index < -0.39 is 17.5 Å². The highest BCUT2D eigenvalue weighted by atomic mass is 19.4. The molecule has 0 aromatic heterocycles. The molecule has 2 aliphatic heterocycles. The molecule has 2 heterocycles. The van der Waals surface area contributed by atoms with Crippen molar-refractivity contribution in [2.45, 2.75) is 62.2 Å². The third-order valence-electron chi connectivity index (χ3n) is 7.85. The maximum Gasteiger partial charge on any atom is 0.471 e. The normalized spacial score (nSPS) is 26.2. The summed E-state index contributed by atoms with van der Waals surface area (Å²) in [5, 5.41) is 12.8. The van der Waals surface area contributed by atoms with E-state index in [0.29, 0.717) is 37.8 Å². The second kappa shape index (κ2) is 9.99. The Hall–Kier alpha value is -3.29. The lowest BCUT2D eigenvalue weighted by atomic mass is 9.73. The average Bonchev–Trinajstić information content (AvgIpc) is 3.28. The van der Waals surface area contributed by atoms with Crippen LogP contribution in [0.3, 0.4) is 0 Å². The highest BCUT2D eigenvalue weighted by Crippen LogP contribution is 2.39. The predicted molar refractivity (Wildman–Crippen MR) is 121 cm³/mol. The molecule has 4 rings (SSSR count). The van der Waals surface area contributed by atoms with Gasteiger partial charge in [0, 0.05) is 25.7 Å². The number of halogens is 3. The Morgan fingerprint density at radius 1 is 1.11 bits per heavy atom. The van der Waals surface area contributed by atoms with Gasteiger partial charge in [-0.3, -0.25) is 9.59 Å². The van der Waals surface area contributed by atoms with Crippen LogP contribution in [-0.2, 0) is 19.7 Å². The minimum Gasteiger partial charge on any atom is -0.469 e. The van der Waals surface area contributed by atoms with Gasteiger partial charge in [-0.2, -0.15) is 18.4 Å². The smallest absolute Gasteiger partial charge is 0.469 e. The Labute approximate surface area is 207 Å². The molecule has 36 heavy (non-hydrogen) atoms. The molecule has 3 aliphatic rings. The molecule has 1 N–H and O–H groups in total. The summed E-state index contributed by atoms with van der Waals surface area (Å²) in [6, 6.07) is 9.24. The number of amides is 3. The fraction of sp³-hybridized carbons (Fsp3) is 0.600. The molecule has 1 aromatic carbocycles. The molecule has 2 saturated heterocycles. The summed E-state index contributed by atoms with van der Waals surface area (Å²) >= 11 is 0. The van der Waals surface area contributed by atoms with Gasteiger partial charge in [0.05, 0.1) is 30.6 Å². The van der Waals surface area contributed by atoms with Crippen LogP contribution in [0.1, 0.15) is 55.7 Å². The fourth-order valence-corrected chi connectivity index (χ4v) is 5.73. The van der Waals surface area contributed by atoms with Gasteiger partial charge in [0.15, 0.2) is 0 Å². The summed E-state index contributed by atoms with van der Waals surface area (Å²) in [6.07, 6.45) is -1.98. The molecule has 1 atom stereocenters. The fourth-order valence-electron chi connectivity index (χ4n) is 5.73. The van der Waals surface area contributed by atoms with Crippen molar-refractivity contribution >= 4 is 17.9 Å². The number of carbonyl (C=O) groups excluding carboxylic acids is 3. The molecule has 0 radical (unpaired) electrons. The minimum atomic E-state index is -4.93. The quantitative estimate of drug-likeness (QED) is 0.631. The number of carbonyl (C=O) groups is 3. The number of esters is 1. The van der Waals surface area contributed by atoms with Gasteiger partial charge in [0.1, 0.15) is 0 Å². The molecular formula is C25H29F3N4O4. The van der Waals surface area contributed by atoms with E-state index in [0.717, 1.165) is 10.5 Å². The van der Waals surface area contributed by atoms with Gasteiger partial charge in [-0.1, -0.05) is 24.3 Å². The van der Waals surface area contributed by atoms with Gasteiger partial charge in [0.2, 0.25) is 0 Å². The summed E-state index contributed by atoms with van der Waals surface area (Å²) in [6.45, 7) is 0.153. The summed E-state index contributed by atoms with van der Waals surface area (Å²) < 4.78 is 43.2. The van der Waals surface area contributed by atoms with Crippen LogP contribution in [-0.4, -0.2) is 66.7 Å². The van der Waals surface area contributed by atoms with E-state index in [1.165, 1.54) is 7.11 Å². The standard InChI is InChI=1S/C25H29F3N4O4/c1-36-21(33)17-4-8-19(9-5-17)32-20(14-30-23(32)35)16-2-6-18(7-3-16)24(15-29)10-12-31(13-11-24)22(34)25(26,27)28/h2-3,6-7,17,19-20H,4-5,8-14H2,1H3,(H,30,35). The molecule has 0 bridgehead atoms. The van der Waals surface area contributed by atoms with E-state index >= 15 is 0 Å². The number of ether oxygens (including phenoxy) is 1. The lowest BCUT2D eigenvalue weighted by Crippen LogP contribution is -2.49. The molecule has 3 amide bonds. The van der Waals surface area contributed by atoms with Crippen molar-refractivity contribution in [3.8, 4) is 6.07 Å². The van der Waals surface area contributed by atoms with Crippen LogP contribution in [0, 0.1) is 17.2 Å². The maximum atomic E-state index is 12.8. The van der Waals surface area contributed by atoms with E-state index in [-0.39, 0.29) is 55.9 Å². The Balaban J connectivity index is 1.45. The van der Waals surface area contributed by atoms with Crippen molar-refractivity contribution < 1.29 is 32.3 Å². The molecule has 1 aliphatic carbocycles. The maximum absolute atomic E-state index is 12.8. The minimum absolute atomic E-state index is 0.000898. The zero-order valence-electron chi connectivity index (χ0n) is 20.0. The van der Waals surface area contributed by atoms with E-state index in [2.05, 4.69) is 11.4 Å². The number of hydrogen-bond donors (Lipinski definition) is 1. The largest absolute Gasteiger partial charge is 0.471 e. The van der Waals surface area contributed by atoms with E-state index in [1.807, 2.05) is 17.0 Å². The zero-order chi connectivity index (χ0) is 26.1. The van der Waals surface area contributed by atoms with E-state index in [1.54, 1.807) is 12.1 Å². The Morgan fingerprint density at radius 3 is 2.25 bits per heavy atom. The third-order valence-corrected chi connectivity index (χ3v) is 7.85. The Bertz CT molecular complexity index is 1040. The number of benzene rings is 1. The summed E-state index contributed by atoms with van der Waals surface area (Å²) in [5.41, 5.74) is 0.608. The molecule has 194 valence electrons. The van der Waals surface area contributed by atoms with Crippen molar-refractivity contribution in [2.24, 2.45) is 5.92 Å². The average molecular weight is 507 g/mol. The number of nitrogens with one attached hydrogen (secondary N) is 1. The van der Waals surface area contributed by atoms with Gasteiger partial charge in [0.25, 0.3) is 0 Å². The number of methoxy groups -OCH3 is 1.